The highest BCUT2D eigenvalue weighted by Gasteiger charge is 2.04. The molecule has 0 heterocycles. The van der Waals surface area contributed by atoms with Crippen molar-refractivity contribution in [1.29, 1.82) is 0 Å². The number of nitrogens with one attached hydrogen (secondary N) is 1. The largest absolute Gasteiger partial charge is 0.492 e. The molecule has 0 saturated heterocycles. The Morgan fingerprint density at radius 1 is 0.950 bits per heavy atom. The van der Waals surface area contributed by atoms with Crippen molar-refractivity contribution in [2.24, 2.45) is 5.92 Å². The van der Waals surface area contributed by atoms with Gasteiger partial charge in [0.05, 0.1) is 0 Å². The minimum atomic E-state index is 0.673. The van der Waals surface area contributed by atoms with Crippen LogP contribution in [-0.4, -0.2) is 19.7 Å². The summed E-state index contributed by atoms with van der Waals surface area (Å²) in [4.78, 5) is 0. The Labute approximate surface area is 121 Å². The maximum absolute atomic E-state index is 5.91. The summed E-state index contributed by atoms with van der Waals surface area (Å²) in [6.45, 7) is 7.01. The van der Waals surface area contributed by atoms with Crippen molar-refractivity contribution >= 4 is 0 Å². The second-order valence-corrected chi connectivity index (χ2v) is 5.31. The first-order valence-electron chi connectivity index (χ1n) is 7.25. The highest BCUT2D eigenvalue weighted by Crippen LogP contribution is 2.29. The molecule has 2 rings (SSSR count). The molecule has 106 valence electrons. The molecule has 2 nitrogen and oxygen atoms in total. The topological polar surface area (TPSA) is 21.3 Å². The zero-order valence-electron chi connectivity index (χ0n) is 12.3. The van der Waals surface area contributed by atoms with E-state index in [9.17, 15) is 0 Å². The number of rotatable bonds is 7. The van der Waals surface area contributed by atoms with Gasteiger partial charge in [0, 0.05) is 12.1 Å². The lowest BCUT2D eigenvalue weighted by molar-refractivity contribution is 0.312. The van der Waals surface area contributed by atoms with Crippen LogP contribution in [0.3, 0.4) is 0 Å². The highest BCUT2D eigenvalue weighted by atomic mass is 16.5. The minimum Gasteiger partial charge on any atom is -0.492 e. The summed E-state index contributed by atoms with van der Waals surface area (Å²) in [6, 6.07) is 18.6. The molecule has 0 bridgehead atoms. The average molecular weight is 269 g/mol. The fourth-order valence-electron chi connectivity index (χ4n) is 2.07. The molecule has 0 spiro atoms. The second kappa shape index (κ2) is 7.71. The molecule has 0 aliphatic rings. The van der Waals surface area contributed by atoms with Crippen molar-refractivity contribution < 1.29 is 4.74 Å². The average Bonchev–Trinajstić information content (AvgIpc) is 2.48. The standard InChI is InChI=1S/C18H23NO/c1-15(2)14-19-12-13-20-18-11-7-6-10-17(18)16-8-4-3-5-9-16/h3-11,15,19H,12-14H2,1-2H3. The van der Waals surface area contributed by atoms with E-state index >= 15 is 0 Å². The van der Waals surface area contributed by atoms with Gasteiger partial charge in [-0.25, -0.2) is 0 Å². The Kier molecular flexibility index (Phi) is 5.63. The number of ether oxygens (including phenoxy) is 1. The molecule has 1 N–H and O–H groups in total. The third-order valence-corrected chi connectivity index (χ3v) is 3.06. The normalized spacial score (nSPS) is 10.8. The Hall–Kier alpha value is -1.80. The van der Waals surface area contributed by atoms with E-state index in [0.29, 0.717) is 12.5 Å². The van der Waals surface area contributed by atoms with Crippen molar-refractivity contribution in [2.45, 2.75) is 13.8 Å². The van der Waals surface area contributed by atoms with Gasteiger partial charge in [0.2, 0.25) is 0 Å². The van der Waals surface area contributed by atoms with Crippen LogP contribution in [0.2, 0.25) is 0 Å². The van der Waals surface area contributed by atoms with Gasteiger partial charge in [0.15, 0.2) is 0 Å². The van der Waals surface area contributed by atoms with E-state index in [1.165, 1.54) is 5.56 Å². The Morgan fingerprint density at radius 3 is 2.40 bits per heavy atom. The molecule has 20 heavy (non-hydrogen) atoms. The number of para-hydroxylation sites is 1. The molecule has 2 aromatic carbocycles. The van der Waals surface area contributed by atoms with Gasteiger partial charge in [-0.3, -0.25) is 0 Å². The predicted octanol–water partition coefficient (Wildman–Crippen LogP) is 3.98. The van der Waals surface area contributed by atoms with Crippen LogP contribution in [0.1, 0.15) is 13.8 Å². The van der Waals surface area contributed by atoms with Crippen LogP contribution in [0.15, 0.2) is 54.6 Å². The Bertz CT molecular complexity index is 508. The van der Waals surface area contributed by atoms with Crippen molar-refractivity contribution in [2.75, 3.05) is 19.7 Å². The molecule has 0 fully saturated rings. The molecule has 2 aromatic rings. The van der Waals surface area contributed by atoms with Gasteiger partial charge < -0.3 is 10.1 Å². The summed E-state index contributed by atoms with van der Waals surface area (Å²) in [5.41, 5.74) is 2.34. The molecule has 0 radical (unpaired) electrons. The van der Waals surface area contributed by atoms with Crippen molar-refractivity contribution in [1.82, 2.24) is 5.32 Å². The number of hydrogen-bond acceptors (Lipinski definition) is 2. The molecule has 0 amide bonds. The zero-order valence-corrected chi connectivity index (χ0v) is 12.3. The zero-order chi connectivity index (χ0) is 14.2. The lowest BCUT2D eigenvalue weighted by atomic mass is 10.1. The van der Waals surface area contributed by atoms with E-state index in [2.05, 4.69) is 49.5 Å². The van der Waals surface area contributed by atoms with Crippen LogP contribution in [0.25, 0.3) is 11.1 Å². The fraction of sp³-hybridized carbons (Fsp3) is 0.333. The highest BCUT2D eigenvalue weighted by molar-refractivity contribution is 5.70. The van der Waals surface area contributed by atoms with Crippen molar-refractivity contribution in [3.05, 3.63) is 54.6 Å². The van der Waals surface area contributed by atoms with Crippen LogP contribution in [0.5, 0.6) is 5.75 Å². The third kappa shape index (κ3) is 4.39. The summed E-state index contributed by atoms with van der Waals surface area (Å²) in [5, 5.41) is 3.39. The van der Waals surface area contributed by atoms with Crippen LogP contribution in [0, 0.1) is 5.92 Å². The maximum Gasteiger partial charge on any atom is 0.127 e. The monoisotopic (exact) mass is 269 g/mol. The van der Waals surface area contributed by atoms with E-state index < -0.39 is 0 Å². The van der Waals surface area contributed by atoms with Crippen LogP contribution >= 0.6 is 0 Å². The minimum absolute atomic E-state index is 0.673. The van der Waals surface area contributed by atoms with Gasteiger partial charge in [0.25, 0.3) is 0 Å². The summed E-state index contributed by atoms with van der Waals surface area (Å²) in [5.74, 6) is 1.62. The van der Waals surface area contributed by atoms with Crippen molar-refractivity contribution in [3.8, 4) is 16.9 Å². The summed E-state index contributed by atoms with van der Waals surface area (Å²) in [6.07, 6.45) is 0. The summed E-state index contributed by atoms with van der Waals surface area (Å²) < 4.78 is 5.91. The molecule has 0 aliphatic carbocycles. The van der Waals surface area contributed by atoms with Crippen LogP contribution in [-0.2, 0) is 0 Å². The molecule has 0 saturated carbocycles. The quantitative estimate of drug-likeness (QED) is 0.768. The maximum atomic E-state index is 5.91. The predicted molar refractivity (Wildman–Crippen MR) is 85.1 cm³/mol. The molecule has 0 atom stereocenters. The van der Waals surface area contributed by atoms with Gasteiger partial charge >= 0.3 is 0 Å². The lowest BCUT2D eigenvalue weighted by Crippen LogP contribution is -2.25. The molecular formula is C18H23NO. The first-order chi connectivity index (χ1) is 9.77. The van der Waals surface area contributed by atoms with E-state index in [1.807, 2.05) is 24.3 Å². The smallest absolute Gasteiger partial charge is 0.127 e. The molecular weight excluding hydrogens is 246 g/mol. The van der Waals surface area contributed by atoms with Gasteiger partial charge in [-0.15, -0.1) is 0 Å². The van der Waals surface area contributed by atoms with E-state index in [0.717, 1.165) is 24.4 Å². The molecule has 0 unspecified atom stereocenters. The molecule has 0 aromatic heterocycles. The third-order valence-electron chi connectivity index (χ3n) is 3.06. The Morgan fingerprint density at radius 2 is 1.65 bits per heavy atom. The summed E-state index contributed by atoms with van der Waals surface area (Å²) in [7, 11) is 0. The lowest BCUT2D eigenvalue weighted by Gasteiger charge is -2.12. The number of hydrogen-bond donors (Lipinski definition) is 1. The molecule has 0 aliphatic heterocycles. The van der Waals surface area contributed by atoms with Gasteiger partial charge in [-0.05, 0) is 24.1 Å². The number of benzene rings is 2. The van der Waals surface area contributed by atoms with Gasteiger partial charge in [0.1, 0.15) is 12.4 Å². The fourth-order valence-corrected chi connectivity index (χ4v) is 2.07. The first-order valence-corrected chi connectivity index (χ1v) is 7.25. The van der Waals surface area contributed by atoms with E-state index in [1.54, 1.807) is 0 Å². The van der Waals surface area contributed by atoms with Crippen LogP contribution in [0.4, 0.5) is 0 Å². The Balaban J connectivity index is 1.95. The second-order valence-electron chi connectivity index (χ2n) is 5.31. The SMILES string of the molecule is CC(C)CNCCOc1ccccc1-c1ccccc1. The van der Waals surface area contributed by atoms with E-state index in [-0.39, 0.29) is 0 Å². The van der Waals surface area contributed by atoms with Gasteiger partial charge in [-0.1, -0.05) is 62.4 Å². The summed E-state index contributed by atoms with van der Waals surface area (Å²) >= 11 is 0. The van der Waals surface area contributed by atoms with Gasteiger partial charge in [-0.2, -0.15) is 0 Å². The van der Waals surface area contributed by atoms with E-state index in [4.69, 9.17) is 4.74 Å². The first kappa shape index (κ1) is 14.6. The van der Waals surface area contributed by atoms with Crippen molar-refractivity contribution in [3.63, 3.8) is 0 Å². The van der Waals surface area contributed by atoms with Crippen LogP contribution < -0.4 is 10.1 Å². The molecule has 2 heteroatoms.